The van der Waals surface area contributed by atoms with Crippen molar-refractivity contribution in [2.24, 2.45) is 0 Å². The summed E-state index contributed by atoms with van der Waals surface area (Å²) in [7, 11) is 5.36. The Morgan fingerprint density at radius 1 is 1.67 bits per heavy atom. The lowest BCUT2D eigenvalue weighted by Crippen LogP contribution is -2.06. The zero-order valence-electron chi connectivity index (χ0n) is 5.06. The van der Waals surface area contributed by atoms with Gasteiger partial charge in [0, 0.05) is 6.20 Å². The Hall–Kier alpha value is -0.495. The van der Waals surface area contributed by atoms with E-state index >= 15 is 0 Å². The average Bonchev–Trinajstić information content (AvgIpc) is 1.80. The molecule has 0 saturated carbocycles. The lowest BCUT2D eigenvalue weighted by atomic mass is 10.0. The van der Waals surface area contributed by atoms with Crippen molar-refractivity contribution >= 4 is 25.0 Å². The second-order valence-corrected chi connectivity index (χ2v) is 2.27. The van der Waals surface area contributed by atoms with Crippen molar-refractivity contribution in [3.8, 4) is 0 Å². The van der Waals surface area contributed by atoms with Gasteiger partial charge in [-0.05, 0) is 24.1 Å². The summed E-state index contributed by atoms with van der Waals surface area (Å²) in [6.45, 7) is 1.89. The van der Waals surface area contributed by atoms with Gasteiger partial charge >= 0.3 is 0 Å². The van der Waals surface area contributed by atoms with Crippen LogP contribution in [0, 0.1) is 6.92 Å². The van der Waals surface area contributed by atoms with E-state index < -0.39 is 0 Å². The number of hydrogen-bond donors (Lipinski definition) is 0. The zero-order valence-corrected chi connectivity index (χ0v) is 5.81. The van der Waals surface area contributed by atoms with E-state index in [1.54, 1.807) is 12.3 Å². The molecule has 0 fully saturated rings. The highest BCUT2D eigenvalue weighted by Crippen LogP contribution is 2.09. The number of aromatic nitrogens is 1. The van der Waals surface area contributed by atoms with Crippen molar-refractivity contribution in [2.75, 3.05) is 0 Å². The van der Waals surface area contributed by atoms with Crippen LogP contribution in [-0.4, -0.2) is 12.8 Å². The van der Waals surface area contributed by atoms with E-state index in [2.05, 4.69) is 4.98 Å². The summed E-state index contributed by atoms with van der Waals surface area (Å²) in [6.07, 6.45) is 1.55. The topological polar surface area (TPSA) is 12.9 Å². The van der Waals surface area contributed by atoms with E-state index in [0.717, 1.165) is 5.56 Å². The lowest BCUT2D eigenvalue weighted by molar-refractivity contribution is 1.34. The van der Waals surface area contributed by atoms with Gasteiger partial charge in [-0.1, -0.05) is 11.6 Å². The molecule has 0 saturated heterocycles. The van der Waals surface area contributed by atoms with Crippen LogP contribution < -0.4 is 5.59 Å². The molecule has 0 unspecified atom stereocenters. The summed E-state index contributed by atoms with van der Waals surface area (Å²) in [5.74, 6) is 0. The van der Waals surface area contributed by atoms with Crippen LogP contribution >= 0.6 is 11.6 Å². The largest absolute Gasteiger partial charge is 0.271 e. The Kier molecular flexibility index (Phi) is 1.77. The monoisotopic (exact) mass is 137 g/mol. The first-order chi connectivity index (χ1) is 4.20. The molecule has 3 heteroatoms. The van der Waals surface area contributed by atoms with Gasteiger partial charge in [0.15, 0.2) is 0 Å². The van der Waals surface area contributed by atoms with Crippen molar-refractivity contribution in [2.45, 2.75) is 6.92 Å². The maximum atomic E-state index is 5.66. The van der Waals surface area contributed by atoms with Crippen LogP contribution in [0.15, 0.2) is 12.3 Å². The summed E-state index contributed by atoms with van der Waals surface area (Å²) in [5, 5.41) is 0.657. The van der Waals surface area contributed by atoms with Gasteiger partial charge in [0.25, 0.3) is 0 Å². The van der Waals surface area contributed by atoms with Crippen LogP contribution in [0.25, 0.3) is 0 Å². The van der Waals surface area contributed by atoms with Crippen molar-refractivity contribution in [3.63, 3.8) is 0 Å². The maximum Gasteiger partial charge on any atom is 0.141 e. The summed E-state index contributed by atoms with van der Waals surface area (Å²) in [4.78, 5) is 3.79. The van der Waals surface area contributed by atoms with Gasteiger partial charge in [-0.2, -0.15) is 0 Å². The molecular weight excluding hydrogens is 132 g/mol. The average molecular weight is 137 g/mol. The van der Waals surface area contributed by atoms with E-state index in [-0.39, 0.29) is 0 Å². The Labute approximate surface area is 60.5 Å². The molecule has 9 heavy (non-hydrogen) atoms. The standard InChI is InChI=1S/C6H5BClN/c1-4-2-6(7)9-3-5(4)8/h2-3H,1H3. The van der Waals surface area contributed by atoms with Crippen molar-refractivity contribution in [1.29, 1.82) is 0 Å². The molecule has 1 rings (SSSR count). The predicted molar refractivity (Wildman–Crippen MR) is 39.4 cm³/mol. The minimum atomic E-state index is 0.511. The Bertz CT molecular complexity index is 224. The summed E-state index contributed by atoms with van der Waals surface area (Å²) in [6, 6.07) is 1.74. The summed E-state index contributed by atoms with van der Waals surface area (Å²) < 4.78 is 0. The molecule has 1 heterocycles. The molecule has 0 aliphatic rings. The Balaban J connectivity index is 3.17. The molecular formula is C6H5BClN. The Morgan fingerprint density at radius 3 is 2.78 bits per heavy atom. The third kappa shape index (κ3) is 1.45. The fourth-order valence-electron chi connectivity index (χ4n) is 0.561. The van der Waals surface area contributed by atoms with Crippen LogP contribution in [0.1, 0.15) is 5.56 Å². The van der Waals surface area contributed by atoms with Gasteiger partial charge in [0.05, 0.1) is 5.02 Å². The van der Waals surface area contributed by atoms with Gasteiger partial charge in [0.1, 0.15) is 7.85 Å². The van der Waals surface area contributed by atoms with E-state index in [9.17, 15) is 0 Å². The molecule has 44 valence electrons. The molecule has 0 N–H and O–H groups in total. The normalized spacial score (nSPS) is 9.56. The molecule has 1 nitrogen and oxygen atoms in total. The smallest absolute Gasteiger partial charge is 0.141 e. The van der Waals surface area contributed by atoms with Gasteiger partial charge < -0.3 is 0 Å². The molecule has 0 spiro atoms. The summed E-state index contributed by atoms with van der Waals surface area (Å²) in [5.41, 5.74) is 1.47. The van der Waals surface area contributed by atoms with E-state index in [0.29, 0.717) is 10.6 Å². The fourth-order valence-corrected chi connectivity index (χ4v) is 0.664. The van der Waals surface area contributed by atoms with Gasteiger partial charge in [-0.3, -0.25) is 4.98 Å². The number of hydrogen-bond acceptors (Lipinski definition) is 1. The van der Waals surface area contributed by atoms with Crippen LogP contribution in [-0.2, 0) is 0 Å². The second-order valence-electron chi connectivity index (χ2n) is 1.86. The fraction of sp³-hybridized carbons (Fsp3) is 0.167. The molecule has 2 radical (unpaired) electrons. The lowest BCUT2D eigenvalue weighted by Gasteiger charge is -1.95. The molecule has 0 aliphatic heterocycles. The number of halogens is 1. The number of pyridine rings is 1. The number of nitrogens with zero attached hydrogens (tertiary/aromatic N) is 1. The van der Waals surface area contributed by atoms with Crippen LogP contribution in [0.5, 0.6) is 0 Å². The van der Waals surface area contributed by atoms with E-state index in [4.69, 9.17) is 19.4 Å². The minimum absolute atomic E-state index is 0.511. The molecule has 0 aromatic carbocycles. The molecule has 0 aliphatic carbocycles. The molecule has 0 bridgehead atoms. The van der Waals surface area contributed by atoms with Gasteiger partial charge in [-0.15, -0.1) is 0 Å². The summed E-state index contributed by atoms with van der Waals surface area (Å²) >= 11 is 5.66. The molecule has 0 atom stereocenters. The van der Waals surface area contributed by atoms with Gasteiger partial charge in [0.2, 0.25) is 0 Å². The van der Waals surface area contributed by atoms with Crippen molar-refractivity contribution in [1.82, 2.24) is 4.98 Å². The van der Waals surface area contributed by atoms with E-state index in [1.807, 2.05) is 6.92 Å². The predicted octanol–water partition coefficient (Wildman–Crippen LogP) is 0.837. The van der Waals surface area contributed by atoms with Crippen LogP contribution in [0.4, 0.5) is 0 Å². The third-order valence-corrected chi connectivity index (χ3v) is 1.46. The van der Waals surface area contributed by atoms with Crippen LogP contribution in [0.2, 0.25) is 5.02 Å². The van der Waals surface area contributed by atoms with Crippen molar-refractivity contribution < 1.29 is 0 Å². The van der Waals surface area contributed by atoms with E-state index in [1.165, 1.54) is 0 Å². The highest BCUT2D eigenvalue weighted by Gasteiger charge is 1.92. The second kappa shape index (κ2) is 2.40. The first-order valence-corrected chi connectivity index (χ1v) is 2.95. The van der Waals surface area contributed by atoms with Crippen molar-refractivity contribution in [3.05, 3.63) is 22.8 Å². The first-order valence-electron chi connectivity index (χ1n) is 2.58. The number of rotatable bonds is 0. The molecule has 1 aromatic heterocycles. The number of aryl methyl sites for hydroxylation is 1. The maximum absolute atomic E-state index is 5.66. The first kappa shape index (κ1) is 6.62. The Morgan fingerprint density at radius 2 is 2.33 bits per heavy atom. The van der Waals surface area contributed by atoms with Crippen LogP contribution in [0.3, 0.4) is 0 Å². The molecule has 0 amide bonds. The third-order valence-electron chi connectivity index (χ3n) is 1.07. The quantitative estimate of drug-likeness (QED) is 0.483. The highest BCUT2D eigenvalue weighted by molar-refractivity contribution is 6.33. The highest BCUT2D eigenvalue weighted by atomic mass is 35.5. The minimum Gasteiger partial charge on any atom is -0.271 e. The van der Waals surface area contributed by atoms with Gasteiger partial charge in [-0.25, -0.2) is 0 Å². The SMILES string of the molecule is [B]c1cc(C)c(Cl)cn1. The zero-order chi connectivity index (χ0) is 6.85. The molecule has 1 aromatic rings.